The van der Waals surface area contributed by atoms with Gasteiger partial charge in [-0.2, -0.15) is 0 Å². The highest BCUT2D eigenvalue weighted by molar-refractivity contribution is 5.23. The SMILES string of the molecule is CC1NCc2c1[nH][nH]c2=O. The van der Waals surface area contributed by atoms with Crippen LogP contribution in [0.5, 0.6) is 0 Å². The van der Waals surface area contributed by atoms with Gasteiger partial charge in [0.05, 0.1) is 11.3 Å². The number of nitrogens with one attached hydrogen (secondary N) is 3. The molecular weight excluding hydrogens is 130 g/mol. The van der Waals surface area contributed by atoms with E-state index in [1.54, 1.807) is 0 Å². The molecule has 54 valence electrons. The van der Waals surface area contributed by atoms with Gasteiger partial charge in [0, 0.05) is 12.6 Å². The topological polar surface area (TPSA) is 60.7 Å². The van der Waals surface area contributed by atoms with E-state index in [2.05, 4.69) is 15.5 Å². The Morgan fingerprint density at radius 3 is 3.00 bits per heavy atom. The number of aromatic nitrogens is 2. The lowest BCUT2D eigenvalue weighted by atomic mass is 10.2. The van der Waals surface area contributed by atoms with Gasteiger partial charge in [-0.25, -0.2) is 0 Å². The van der Waals surface area contributed by atoms with Crippen LogP contribution >= 0.6 is 0 Å². The first kappa shape index (κ1) is 5.73. The van der Waals surface area contributed by atoms with Crippen molar-refractivity contribution >= 4 is 0 Å². The van der Waals surface area contributed by atoms with E-state index in [1.165, 1.54) is 0 Å². The van der Waals surface area contributed by atoms with Gasteiger partial charge in [-0.05, 0) is 6.92 Å². The first-order valence-corrected chi connectivity index (χ1v) is 3.32. The lowest BCUT2D eigenvalue weighted by molar-refractivity contribution is 0.612. The summed E-state index contributed by atoms with van der Waals surface area (Å²) in [6, 6.07) is 0.286. The van der Waals surface area contributed by atoms with Crippen molar-refractivity contribution in [1.82, 2.24) is 15.5 Å². The highest BCUT2D eigenvalue weighted by Gasteiger charge is 2.21. The summed E-state index contributed by atoms with van der Waals surface area (Å²) in [7, 11) is 0. The van der Waals surface area contributed by atoms with Gasteiger partial charge in [-0.3, -0.25) is 9.89 Å². The molecule has 1 aliphatic rings. The summed E-state index contributed by atoms with van der Waals surface area (Å²) in [6.45, 7) is 2.71. The molecule has 1 aromatic rings. The second-order valence-corrected chi connectivity index (χ2v) is 2.57. The molecule has 0 radical (unpaired) electrons. The number of fused-ring (bicyclic) bond motifs is 1. The Morgan fingerprint density at radius 2 is 2.30 bits per heavy atom. The third kappa shape index (κ3) is 0.565. The van der Waals surface area contributed by atoms with Crippen LogP contribution in [0.3, 0.4) is 0 Å². The fourth-order valence-corrected chi connectivity index (χ4v) is 1.30. The predicted octanol–water partition coefficient (Wildman–Crippen LogP) is -0.133. The first-order chi connectivity index (χ1) is 4.79. The molecule has 2 rings (SSSR count). The Morgan fingerprint density at radius 1 is 1.50 bits per heavy atom. The van der Waals surface area contributed by atoms with Crippen LogP contribution < -0.4 is 10.9 Å². The molecule has 2 heterocycles. The third-order valence-electron chi connectivity index (χ3n) is 1.93. The Hall–Kier alpha value is -1.03. The average molecular weight is 139 g/mol. The van der Waals surface area contributed by atoms with Crippen molar-refractivity contribution in [2.75, 3.05) is 0 Å². The summed E-state index contributed by atoms with van der Waals surface area (Å²) >= 11 is 0. The van der Waals surface area contributed by atoms with E-state index in [1.807, 2.05) is 6.92 Å². The molecule has 1 aromatic heterocycles. The summed E-state index contributed by atoms with van der Waals surface area (Å²) in [4.78, 5) is 10.9. The van der Waals surface area contributed by atoms with E-state index in [4.69, 9.17) is 0 Å². The second kappa shape index (κ2) is 1.73. The predicted molar refractivity (Wildman–Crippen MR) is 36.7 cm³/mol. The first-order valence-electron chi connectivity index (χ1n) is 3.32. The van der Waals surface area contributed by atoms with E-state index < -0.39 is 0 Å². The van der Waals surface area contributed by atoms with Gasteiger partial charge in [0.15, 0.2) is 0 Å². The molecule has 1 unspecified atom stereocenters. The molecule has 4 heteroatoms. The number of aromatic amines is 2. The van der Waals surface area contributed by atoms with Gasteiger partial charge in [0.25, 0.3) is 5.56 Å². The molecule has 3 N–H and O–H groups in total. The molecule has 0 spiro atoms. The number of hydrogen-bond donors (Lipinski definition) is 3. The van der Waals surface area contributed by atoms with E-state index in [0.717, 1.165) is 11.3 Å². The maximum Gasteiger partial charge on any atom is 0.268 e. The van der Waals surface area contributed by atoms with Gasteiger partial charge in [-0.1, -0.05) is 0 Å². The van der Waals surface area contributed by atoms with Gasteiger partial charge < -0.3 is 10.4 Å². The zero-order chi connectivity index (χ0) is 7.14. The minimum atomic E-state index is 0.00634. The van der Waals surface area contributed by atoms with Gasteiger partial charge in [-0.15, -0.1) is 0 Å². The van der Waals surface area contributed by atoms with E-state index in [-0.39, 0.29) is 11.6 Å². The molecule has 0 fully saturated rings. The van der Waals surface area contributed by atoms with Gasteiger partial charge >= 0.3 is 0 Å². The van der Waals surface area contributed by atoms with Crippen LogP contribution in [-0.2, 0) is 6.54 Å². The molecule has 0 saturated carbocycles. The minimum absolute atomic E-state index is 0.00634. The summed E-state index contributed by atoms with van der Waals surface area (Å²) in [5, 5.41) is 8.54. The van der Waals surface area contributed by atoms with Crippen LogP contribution in [0.2, 0.25) is 0 Å². The molecule has 0 aliphatic carbocycles. The lowest BCUT2D eigenvalue weighted by Gasteiger charge is -1.98. The van der Waals surface area contributed by atoms with Crippen LogP contribution in [0, 0.1) is 0 Å². The normalized spacial score (nSPS) is 23.1. The Balaban J connectivity index is 2.63. The molecular formula is C6H9N3O. The molecule has 10 heavy (non-hydrogen) atoms. The van der Waals surface area contributed by atoms with Crippen LogP contribution in [0.25, 0.3) is 0 Å². The highest BCUT2D eigenvalue weighted by atomic mass is 16.1. The summed E-state index contributed by atoms with van der Waals surface area (Å²) < 4.78 is 0. The minimum Gasteiger partial charge on any atom is -0.304 e. The zero-order valence-electron chi connectivity index (χ0n) is 5.69. The Labute approximate surface area is 57.6 Å². The Bertz CT molecular complexity index is 298. The Kier molecular flexibility index (Phi) is 0.990. The molecule has 4 nitrogen and oxygen atoms in total. The van der Waals surface area contributed by atoms with E-state index in [0.29, 0.717) is 6.54 Å². The van der Waals surface area contributed by atoms with Crippen LogP contribution in [0.1, 0.15) is 24.2 Å². The fourth-order valence-electron chi connectivity index (χ4n) is 1.30. The number of H-pyrrole nitrogens is 2. The molecule has 0 bridgehead atoms. The van der Waals surface area contributed by atoms with Crippen molar-refractivity contribution in [1.29, 1.82) is 0 Å². The van der Waals surface area contributed by atoms with Crippen LogP contribution in [-0.4, -0.2) is 10.2 Å². The van der Waals surface area contributed by atoms with Crippen molar-refractivity contribution in [3.8, 4) is 0 Å². The summed E-state index contributed by atoms with van der Waals surface area (Å²) in [5.74, 6) is 0. The molecule has 0 amide bonds. The lowest BCUT2D eigenvalue weighted by Crippen LogP contribution is -2.12. The average Bonchev–Trinajstić information content (AvgIpc) is 2.41. The van der Waals surface area contributed by atoms with Gasteiger partial charge in [0.1, 0.15) is 0 Å². The summed E-state index contributed by atoms with van der Waals surface area (Å²) in [6.07, 6.45) is 0. The largest absolute Gasteiger partial charge is 0.304 e. The van der Waals surface area contributed by atoms with Gasteiger partial charge in [0.2, 0.25) is 0 Å². The maximum absolute atomic E-state index is 10.9. The monoisotopic (exact) mass is 139 g/mol. The second-order valence-electron chi connectivity index (χ2n) is 2.57. The van der Waals surface area contributed by atoms with Crippen molar-refractivity contribution < 1.29 is 0 Å². The smallest absolute Gasteiger partial charge is 0.268 e. The number of rotatable bonds is 0. The fraction of sp³-hybridized carbons (Fsp3) is 0.500. The van der Waals surface area contributed by atoms with Crippen molar-refractivity contribution in [2.45, 2.75) is 19.5 Å². The van der Waals surface area contributed by atoms with Crippen LogP contribution in [0.4, 0.5) is 0 Å². The van der Waals surface area contributed by atoms with Crippen LogP contribution in [0.15, 0.2) is 4.79 Å². The van der Waals surface area contributed by atoms with E-state index in [9.17, 15) is 4.79 Å². The molecule has 0 saturated heterocycles. The third-order valence-corrected chi connectivity index (χ3v) is 1.93. The molecule has 1 atom stereocenters. The standard InChI is InChI=1S/C6H9N3O/c1-3-5-4(2-7-3)6(10)9-8-5/h3,7H,2H2,1H3,(H2,8,9,10). The maximum atomic E-state index is 10.9. The zero-order valence-corrected chi connectivity index (χ0v) is 5.69. The van der Waals surface area contributed by atoms with Crippen molar-refractivity contribution in [3.05, 3.63) is 21.6 Å². The quantitative estimate of drug-likeness (QED) is 0.468. The number of hydrogen-bond acceptors (Lipinski definition) is 2. The summed E-state index contributed by atoms with van der Waals surface area (Å²) in [5.41, 5.74) is 1.87. The van der Waals surface area contributed by atoms with Crippen molar-refractivity contribution in [2.24, 2.45) is 0 Å². The molecule has 0 aromatic carbocycles. The highest BCUT2D eigenvalue weighted by Crippen LogP contribution is 2.17. The van der Waals surface area contributed by atoms with E-state index >= 15 is 0 Å². The molecule has 1 aliphatic heterocycles. The van der Waals surface area contributed by atoms with Crippen molar-refractivity contribution in [3.63, 3.8) is 0 Å².